The van der Waals surface area contributed by atoms with Gasteiger partial charge in [0.05, 0.1) is 5.69 Å². The van der Waals surface area contributed by atoms with Crippen LogP contribution >= 0.6 is 0 Å². The Hall–Kier alpha value is -5.92. The molecule has 0 bridgehead atoms. The van der Waals surface area contributed by atoms with Crippen molar-refractivity contribution in [2.24, 2.45) is 11.8 Å². The molecule has 1 heteroatoms. The normalized spacial score (nSPS) is 19.6. The van der Waals surface area contributed by atoms with Crippen molar-refractivity contribution < 1.29 is 0 Å². The van der Waals surface area contributed by atoms with E-state index < -0.39 is 0 Å². The fraction of sp³-hybridized carbons (Fsp3) is 0.137. The van der Waals surface area contributed by atoms with Crippen LogP contribution in [0.1, 0.15) is 37.7 Å². The summed E-state index contributed by atoms with van der Waals surface area (Å²) in [5.41, 5.74) is 9.58. The first-order valence-corrected chi connectivity index (χ1v) is 18.9. The second-order valence-electron chi connectivity index (χ2n) is 14.6. The molecule has 0 fully saturated rings. The van der Waals surface area contributed by atoms with Crippen LogP contribution in [0.25, 0.3) is 49.5 Å². The van der Waals surface area contributed by atoms with E-state index in [0.717, 1.165) is 32.1 Å². The first-order chi connectivity index (χ1) is 25.8. The summed E-state index contributed by atoms with van der Waals surface area (Å²) in [6.07, 6.45) is 27.1. The average Bonchev–Trinajstić information content (AvgIpc) is 3.38. The van der Waals surface area contributed by atoms with Crippen molar-refractivity contribution in [2.45, 2.75) is 32.1 Å². The topological polar surface area (TPSA) is 3.24 Å². The number of nitrogens with zero attached hydrogens (tertiary/aromatic N) is 1. The van der Waals surface area contributed by atoms with E-state index in [1.54, 1.807) is 5.57 Å². The highest BCUT2D eigenvalue weighted by Gasteiger charge is 2.25. The van der Waals surface area contributed by atoms with Crippen LogP contribution in [0.5, 0.6) is 0 Å². The third kappa shape index (κ3) is 5.40. The molecule has 0 amide bonds. The molecule has 6 aromatic rings. The molecule has 10 rings (SSSR count). The van der Waals surface area contributed by atoms with E-state index in [-0.39, 0.29) is 0 Å². The second kappa shape index (κ2) is 13.0. The summed E-state index contributed by atoms with van der Waals surface area (Å²) >= 11 is 0. The van der Waals surface area contributed by atoms with Crippen LogP contribution in [-0.2, 0) is 0 Å². The van der Waals surface area contributed by atoms with Gasteiger partial charge in [0.15, 0.2) is 0 Å². The standard InChI is InChI=1S/C51H41N/c1-8-20-47-36(12-1)16-11-23-51(47)52(43-30-26-37(27-31-43)50-34-40-15-4-7-19-46(40)48-21-9-10-22-49(48)50)42-28-24-35(25-29-42)41-32-38-13-2-5-17-44(38)45-18-6-3-14-39(45)33-41/h1-5,7-17,19-24,26,28-30,32-35,39H,6,18,25,27,31H2/t35-,39?/m1/s1. The Labute approximate surface area is 305 Å². The van der Waals surface area contributed by atoms with Gasteiger partial charge in [0.1, 0.15) is 0 Å². The number of rotatable bonds is 5. The summed E-state index contributed by atoms with van der Waals surface area (Å²) in [6, 6.07) is 44.6. The van der Waals surface area contributed by atoms with E-state index in [0.29, 0.717) is 11.8 Å². The Balaban J connectivity index is 1.04. The van der Waals surface area contributed by atoms with Crippen molar-refractivity contribution >= 4 is 55.2 Å². The SMILES string of the molecule is C1=CC2C=C([C@@H]3C=CC(N(C4=CC=C(c5cc6ccccc6c6ccccc56)CC4)c4cccc5ccccc45)=CC3)C=c3ccccc3=C2CC1. The largest absolute Gasteiger partial charge is 0.314 e. The van der Waals surface area contributed by atoms with Crippen molar-refractivity contribution in [1.29, 1.82) is 0 Å². The Morgan fingerprint density at radius 3 is 2.23 bits per heavy atom. The molecule has 0 aromatic heterocycles. The minimum absolute atomic E-state index is 0.342. The zero-order valence-corrected chi connectivity index (χ0v) is 29.4. The first kappa shape index (κ1) is 30.9. The summed E-state index contributed by atoms with van der Waals surface area (Å²) in [5, 5.41) is 10.6. The summed E-state index contributed by atoms with van der Waals surface area (Å²) < 4.78 is 0. The Bertz CT molecular complexity index is 2720. The van der Waals surface area contributed by atoms with Crippen LogP contribution in [0.15, 0.2) is 187 Å². The van der Waals surface area contributed by atoms with Gasteiger partial charge in [0.25, 0.3) is 0 Å². The van der Waals surface area contributed by atoms with Crippen molar-refractivity contribution in [1.82, 2.24) is 0 Å². The molecule has 4 aliphatic rings. The predicted molar refractivity (Wildman–Crippen MR) is 222 cm³/mol. The number of fused-ring (bicyclic) bond motifs is 6. The molecular formula is C51H41N. The zero-order chi connectivity index (χ0) is 34.4. The van der Waals surface area contributed by atoms with Gasteiger partial charge < -0.3 is 4.90 Å². The molecule has 0 saturated heterocycles. The van der Waals surface area contributed by atoms with Crippen LogP contribution in [0, 0.1) is 11.8 Å². The van der Waals surface area contributed by atoms with E-state index in [4.69, 9.17) is 0 Å². The maximum atomic E-state index is 2.54. The van der Waals surface area contributed by atoms with E-state index in [1.165, 1.54) is 76.5 Å². The lowest BCUT2D eigenvalue weighted by atomic mass is 9.84. The molecule has 0 spiro atoms. The number of hydrogen-bond acceptors (Lipinski definition) is 1. The Kier molecular flexibility index (Phi) is 7.72. The van der Waals surface area contributed by atoms with Crippen LogP contribution < -0.4 is 15.3 Å². The summed E-state index contributed by atoms with van der Waals surface area (Å²) in [6.45, 7) is 0. The number of hydrogen-bond donors (Lipinski definition) is 0. The highest BCUT2D eigenvalue weighted by atomic mass is 15.2. The smallest absolute Gasteiger partial charge is 0.0536 e. The average molecular weight is 668 g/mol. The fourth-order valence-corrected chi connectivity index (χ4v) is 9.06. The highest BCUT2D eigenvalue weighted by molar-refractivity contribution is 6.12. The van der Waals surface area contributed by atoms with E-state index in [1.807, 2.05) is 0 Å². The predicted octanol–water partition coefficient (Wildman–Crippen LogP) is 11.7. The molecule has 250 valence electrons. The van der Waals surface area contributed by atoms with Crippen molar-refractivity contribution in [2.75, 3.05) is 4.90 Å². The van der Waals surface area contributed by atoms with E-state index in [2.05, 4.69) is 181 Å². The number of benzene rings is 6. The van der Waals surface area contributed by atoms with Crippen LogP contribution in [-0.4, -0.2) is 0 Å². The molecule has 6 aromatic carbocycles. The molecule has 52 heavy (non-hydrogen) atoms. The third-order valence-electron chi connectivity index (χ3n) is 11.6. The molecule has 0 radical (unpaired) electrons. The molecule has 0 aliphatic heterocycles. The quantitative estimate of drug-likeness (QED) is 0.131. The minimum atomic E-state index is 0.342. The third-order valence-corrected chi connectivity index (χ3v) is 11.6. The van der Waals surface area contributed by atoms with E-state index in [9.17, 15) is 0 Å². The molecule has 0 heterocycles. The summed E-state index contributed by atoms with van der Waals surface area (Å²) in [5.74, 6) is 0.719. The van der Waals surface area contributed by atoms with Crippen molar-refractivity contribution in [3.63, 3.8) is 0 Å². The van der Waals surface area contributed by atoms with Gasteiger partial charge in [0, 0.05) is 28.6 Å². The number of allylic oxidation sites excluding steroid dienone is 11. The maximum absolute atomic E-state index is 2.54. The minimum Gasteiger partial charge on any atom is -0.314 e. The van der Waals surface area contributed by atoms with Gasteiger partial charge in [-0.15, -0.1) is 0 Å². The van der Waals surface area contributed by atoms with Crippen molar-refractivity contribution in [3.8, 4) is 0 Å². The molecule has 4 aliphatic carbocycles. The molecule has 1 nitrogen and oxygen atoms in total. The van der Waals surface area contributed by atoms with Crippen LogP contribution in [0.2, 0.25) is 0 Å². The van der Waals surface area contributed by atoms with Gasteiger partial charge in [-0.25, -0.2) is 0 Å². The van der Waals surface area contributed by atoms with Gasteiger partial charge in [-0.3, -0.25) is 0 Å². The lowest BCUT2D eigenvalue weighted by molar-refractivity contribution is 0.768. The zero-order valence-electron chi connectivity index (χ0n) is 29.4. The summed E-state index contributed by atoms with van der Waals surface area (Å²) in [4.78, 5) is 2.54. The van der Waals surface area contributed by atoms with E-state index >= 15 is 0 Å². The number of anilines is 1. The Morgan fingerprint density at radius 1 is 0.615 bits per heavy atom. The molecule has 0 saturated carbocycles. The van der Waals surface area contributed by atoms with Gasteiger partial charge >= 0.3 is 0 Å². The Morgan fingerprint density at radius 2 is 1.38 bits per heavy atom. The van der Waals surface area contributed by atoms with Gasteiger partial charge in [-0.2, -0.15) is 0 Å². The van der Waals surface area contributed by atoms with Crippen LogP contribution in [0.4, 0.5) is 5.69 Å². The lowest BCUT2D eigenvalue weighted by Crippen LogP contribution is -2.28. The van der Waals surface area contributed by atoms with Gasteiger partial charge in [-0.05, 0) is 110 Å². The van der Waals surface area contributed by atoms with Crippen LogP contribution in [0.3, 0.4) is 0 Å². The second-order valence-corrected chi connectivity index (χ2v) is 14.6. The maximum Gasteiger partial charge on any atom is 0.0536 e. The molecule has 1 unspecified atom stereocenters. The molecular weight excluding hydrogens is 627 g/mol. The van der Waals surface area contributed by atoms with Gasteiger partial charge in [-0.1, -0.05) is 157 Å². The summed E-state index contributed by atoms with van der Waals surface area (Å²) in [7, 11) is 0. The highest BCUT2D eigenvalue weighted by Crippen LogP contribution is 2.41. The fourth-order valence-electron chi connectivity index (χ4n) is 9.06. The first-order valence-electron chi connectivity index (χ1n) is 18.9. The molecule has 0 N–H and O–H groups in total. The van der Waals surface area contributed by atoms with Crippen molar-refractivity contribution in [3.05, 3.63) is 203 Å². The monoisotopic (exact) mass is 667 g/mol. The molecule has 2 atom stereocenters. The lowest BCUT2D eigenvalue weighted by Gasteiger charge is -2.33. The van der Waals surface area contributed by atoms with Gasteiger partial charge in [0.2, 0.25) is 0 Å².